The molecule has 5 nitrogen and oxygen atoms in total. The predicted molar refractivity (Wildman–Crippen MR) is 78.6 cm³/mol. The van der Waals surface area contributed by atoms with Crippen LogP contribution in [0.15, 0.2) is 45.9 Å². The quantitative estimate of drug-likeness (QED) is 0.921. The van der Waals surface area contributed by atoms with Crippen LogP contribution in [0, 0.1) is 18.3 Å². The minimum absolute atomic E-state index is 0.123. The van der Waals surface area contributed by atoms with Gasteiger partial charge in [-0.2, -0.15) is 5.26 Å². The number of rotatable bonds is 3. The van der Waals surface area contributed by atoms with Crippen molar-refractivity contribution in [2.24, 2.45) is 0 Å². The van der Waals surface area contributed by atoms with Crippen molar-refractivity contribution in [3.8, 4) is 6.07 Å². The lowest BCUT2D eigenvalue weighted by Crippen LogP contribution is -2.15. The molecule has 1 heterocycles. The van der Waals surface area contributed by atoms with E-state index in [9.17, 15) is 8.42 Å². The molecule has 1 aromatic carbocycles. The van der Waals surface area contributed by atoms with Crippen LogP contribution >= 0.6 is 15.9 Å². The van der Waals surface area contributed by atoms with E-state index in [1.807, 2.05) is 6.07 Å². The smallest absolute Gasteiger partial charge is 0.263 e. The average Bonchev–Trinajstić information content (AvgIpc) is 2.37. The van der Waals surface area contributed by atoms with E-state index in [0.29, 0.717) is 11.1 Å². The van der Waals surface area contributed by atoms with Crippen molar-refractivity contribution in [2.75, 3.05) is 4.72 Å². The minimum Gasteiger partial charge on any atom is -0.263 e. The molecule has 1 N–H and O–H groups in total. The molecule has 0 aliphatic heterocycles. The molecule has 7 heteroatoms. The van der Waals surface area contributed by atoms with Gasteiger partial charge in [0.1, 0.15) is 5.82 Å². The number of sulfonamides is 1. The van der Waals surface area contributed by atoms with Crippen molar-refractivity contribution in [1.82, 2.24) is 4.98 Å². The molecular formula is C13H10BrN3O2S. The molecule has 0 spiro atoms. The molecule has 0 saturated heterocycles. The second-order valence-electron chi connectivity index (χ2n) is 4.06. The van der Waals surface area contributed by atoms with Crippen LogP contribution in [-0.2, 0) is 10.0 Å². The summed E-state index contributed by atoms with van der Waals surface area (Å²) in [5, 5.41) is 8.79. The highest BCUT2D eigenvalue weighted by Crippen LogP contribution is 2.20. The Bertz CT molecular complexity index is 798. The van der Waals surface area contributed by atoms with E-state index >= 15 is 0 Å². The van der Waals surface area contributed by atoms with Crippen LogP contribution in [0.1, 0.15) is 11.1 Å². The lowest BCUT2D eigenvalue weighted by atomic mass is 10.2. The van der Waals surface area contributed by atoms with Crippen molar-refractivity contribution < 1.29 is 8.42 Å². The van der Waals surface area contributed by atoms with Crippen molar-refractivity contribution in [3.63, 3.8) is 0 Å². The molecule has 102 valence electrons. The Morgan fingerprint density at radius 1 is 1.30 bits per heavy atom. The van der Waals surface area contributed by atoms with Crippen molar-refractivity contribution in [3.05, 3.63) is 52.1 Å². The number of benzene rings is 1. The molecular weight excluding hydrogens is 342 g/mol. The highest BCUT2D eigenvalue weighted by atomic mass is 79.9. The second kappa shape index (κ2) is 5.61. The van der Waals surface area contributed by atoms with E-state index in [0.717, 1.165) is 4.47 Å². The zero-order valence-electron chi connectivity index (χ0n) is 10.5. The molecule has 0 atom stereocenters. The van der Waals surface area contributed by atoms with E-state index < -0.39 is 10.0 Å². The first-order chi connectivity index (χ1) is 9.42. The number of hydrogen-bond donors (Lipinski definition) is 1. The van der Waals surface area contributed by atoms with Gasteiger partial charge in [0.25, 0.3) is 10.0 Å². The molecule has 0 aliphatic carbocycles. The number of aromatic nitrogens is 1. The minimum atomic E-state index is -3.73. The van der Waals surface area contributed by atoms with Crippen LogP contribution in [0.4, 0.5) is 5.82 Å². The number of nitrogens with one attached hydrogen (secondary N) is 1. The molecule has 0 fully saturated rings. The maximum Gasteiger partial charge on any atom is 0.263 e. The molecule has 0 aliphatic rings. The standard InChI is InChI=1S/C13H10BrN3O2S/c1-9-6-10(8-15)2-3-12(9)20(18,19)17-13-7-11(14)4-5-16-13/h2-7H,1H3,(H,16,17). The fraction of sp³-hybridized carbons (Fsp3) is 0.0769. The van der Waals surface area contributed by atoms with Gasteiger partial charge in [0.2, 0.25) is 0 Å². The summed E-state index contributed by atoms with van der Waals surface area (Å²) in [4.78, 5) is 4.06. The maximum atomic E-state index is 12.3. The number of hydrogen-bond acceptors (Lipinski definition) is 4. The Kier molecular flexibility index (Phi) is 4.06. The van der Waals surface area contributed by atoms with Crippen molar-refractivity contribution >= 4 is 31.8 Å². The van der Waals surface area contributed by atoms with Gasteiger partial charge in [0.05, 0.1) is 16.5 Å². The number of aryl methyl sites for hydroxylation is 1. The summed E-state index contributed by atoms with van der Waals surface area (Å²) in [5.41, 5.74) is 0.925. The van der Waals surface area contributed by atoms with E-state index in [1.54, 1.807) is 19.1 Å². The maximum absolute atomic E-state index is 12.3. The van der Waals surface area contributed by atoms with Crippen LogP contribution in [0.5, 0.6) is 0 Å². The average molecular weight is 352 g/mol. The molecule has 2 aromatic rings. The van der Waals surface area contributed by atoms with Gasteiger partial charge in [-0.05, 0) is 42.8 Å². The fourth-order valence-electron chi connectivity index (χ4n) is 1.67. The lowest BCUT2D eigenvalue weighted by molar-refractivity contribution is 0.600. The van der Waals surface area contributed by atoms with Crippen molar-refractivity contribution in [1.29, 1.82) is 5.26 Å². The number of nitrogens with zero attached hydrogens (tertiary/aromatic N) is 2. The van der Waals surface area contributed by atoms with Gasteiger partial charge in [0.15, 0.2) is 0 Å². The van der Waals surface area contributed by atoms with Crippen LogP contribution < -0.4 is 4.72 Å². The highest BCUT2D eigenvalue weighted by molar-refractivity contribution is 9.10. The van der Waals surface area contributed by atoms with Gasteiger partial charge in [-0.15, -0.1) is 0 Å². The first-order valence-electron chi connectivity index (χ1n) is 5.57. The molecule has 0 saturated carbocycles. The van der Waals surface area contributed by atoms with Crippen LogP contribution in [-0.4, -0.2) is 13.4 Å². The molecule has 0 bridgehead atoms. The lowest BCUT2D eigenvalue weighted by Gasteiger charge is -2.10. The fourth-order valence-corrected chi connectivity index (χ4v) is 3.24. The number of anilines is 1. The summed E-state index contributed by atoms with van der Waals surface area (Å²) >= 11 is 3.25. The van der Waals surface area contributed by atoms with Gasteiger partial charge < -0.3 is 0 Å². The number of halogens is 1. The third-order valence-corrected chi connectivity index (χ3v) is 4.56. The third-order valence-electron chi connectivity index (χ3n) is 2.55. The zero-order chi connectivity index (χ0) is 14.8. The monoisotopic (exact) mass is 351 g/mol. The highest BCUT2D eigenvalue weighted by Gasteiger charge is 2.17. The first kappa shape index (κ1) is 14.5. The second-order valence-corrected chi connectivity index (χ2v) is 6.62. The summed E-state index contributed by atoms with van der Waals surface area (Å²) < 4.78 is 27.7. The molecule has 0 unspecified atom stereocenters. The Hall–Kier alpha value is -1.91. The molecule has 2 rings (SSSR count). The van der Waals surface area contributed by atoms with Crippen LogP contribution in [0.3, 0.4) is 0 Å². The SMILES string of the molecule is Cc1cc(C#N)ccc1S(=O)(=O)Nc1cc(Br)ccn1. The third kappa shape index (κ3) is 3.15. The first-order valence-corrected chi connectivity index (χ1v) is 7.85. The van der Waals surface area contributed by atoms with E-state index in [1.165, 1.54) is 24.4 Å². The predicted octanol–water partition coefficient (Wildman–Crippen LogP) is 2.83. The Labute approximate surface area is 125 Å². The molecule has 20 heavy (non-hydrogen) atoms. The molecule has 0 amide bonds. The van der Waals surface area contributed by atoms with Gasteiger partial charge in [-0.3, -0.25) is 4.72 Å². The summed E-state index contributed by atoms with van der Waals surface area (Å²) in [5.74, 6) is 0.225. The van der Waals surface area contributed by atoms with Gasteiger partial charge in [0, 0.05) is 10.7 Å². The number of nitriles is 1. The topological polar surface area (TPSA) is 82.8 Å². The van der Waals surface area contributed by atoms with Gasteiger partial charge >= 0.3 is 0 Å². The molecule has 0 radical (unpaired) electrons. The molecule has 1 aromatic heterocycles. The number of pyridine rings is 1. The Balaban J connectivity index is 2.39. The van der Waals surface area contributed by atoms with Gasteiger partial charge in [-0.25, -0.2) is 13.4 Å². The Morgan fingerprint density at radius 2 is 2.05 bits per heavy atom. The Morgan fingerprint density at radius 3 is 2.65 bits per heavy atom. The van der Waals surface area contributed by atoms with Gasteiger partial charge in [-0.1, -0.05) is 15.9 Å². The normalized spacial score (nSPS) is 10.8. The van der Waals surface area contributed by atoms with E-state index in [4.69, 9.17) is 5.26 Å². The van der Waals surface area contributed by atoms with E-state index in [2.05, 4.69) is 25.6 Å². The summed E-state index contributed by atoms with van der Waals surface area (Å²) in [7, 11) is -3.73. The van der Waals surface area contributed by atoms with E-state index in [-0.39, 0.29) is 10.7 Å². The largest absolute Gasteiger partial charge is 0.263 e. The zero-order valence-corrected chi connectivity index (χ0v) is 12.9. The van der Waals surface area contributed by atoms with Crippen LogP contribution in [0.25, 0.3) is 0 Å². The summed E-state index contributed by atoms with van der Waals surface area (Å²) in [6, 6.07) is 9.64. The summed E-state index contributed by atoms with van der Waals surface area (Å²) in [6.45, 7) is 1.64. The van der Waals surface area contributed by atoms with Crippen molar-refractivity contribution in [2.45, 2.75) is 11.8 Å². The van der Waals surface area contributed by atoms with Crippen LogP contribution in [0.2, 0.25) is 0 Å². The summed E-state index contributed by atoms with van der Waals surface area (Å²) in [6.07, 6.45) is 1.49.